The molecule has 3 spiro atoms. The second-order valence-corrected chi connectivity index (χ2v) is 13.3. The molecule has 8 fully saturated rings. The molecule has 11 rings (SSSR count). The fraction of sp³-hybridized carbons (Fsp3) is 0.500. The van der Waals surface area contributed by atoms with E-state index in [4.69, 9.17) is 4.74 Å². The van der Waals surface area contributed by atoms with E-state index in [0.717, 1.165) is 28.7 Å². The van der Waals surface area contributed by atoms with Crippen LogP contribution in [-0.4, -0.2) is 30.4 Å². The first-order chi connectivity index (χ1) is 17.4. The van der Waals surface area contributed by atoms with E-state index in [1.165, 1.54) is 58.7 Å². The van der Waals surface area contributed by atoms with Crippen molar-refractivity contribution in [3.63, 3.8) is 0 Å². The summed E-state index contributed by atoms with van der Waals surface area (Å²) in [6.45, 7) is 1.87. The van der Waals surface area contributed by atoms with Gasteiger partial charge in [0.2, 0.25) is 5.91 Å². The highest BCUT2D eigenvalue weighted by Crippen LogP contribution is 2.89. The van der Waals surface area contributed by atoms with Crippen LogP contribution in [0.1, 0.15) is 55.9 Å². The molecule has 1 unspecified atom stereocenters. The molecule has 2 aromatic rings. The Labute approximate surface area is 214 Å². The van der Waals surface area contributed by atoms with Gasteiger partial charge in [0.1, 0.15) is 12.3 Å². The van der Waals surface area contributed by atoms with Gasteiger partial charge in [-0.2, -0.15) is 5.26 Å². The highest BCUT2D eigenvalue weighted by molar-refractivity contribution is 7.16. The lowest BCUT2D eigenvalue weighted by molar-refractivity contribution is -0.308. The van der Waals surface area contributed by atoms with Crippen LogP contribution in [0.25, 0.3) is 16.0 Å². The van der Waals surface area contributed by atoms with Crippen LogP contribution in [0, 0.1) is 39.9 Å². The van der Waals surface area contributed by atoms with Gasteiger partial charge < -0.3 is 4.74 Å². The highest BCUT2D eigenvalue weighted by atomic mass is 32.1. The van der Waals surface area contributed by atoms with Crippen molar-refractivity contribution in [3.8, 4) is 22.3 Å². The molecule has 6 heteroatoms. The summed E-state index contributed by atoms with van der Waals surface area (Å²) in [6.07, 6.45) is 7.27. The largest absolute Gasteiger partial charge is 0.497 e. The molecule has 36 heavy (non-hydrogen) atoms. The smallest absolute Gasteiger partial charge is 0.258 e. The van der Waals surface area contributed by atoms with Gasteiger partial charge in [0.05, 0.1) is 19.1 Å². The van der Waals surface area contributed by atoms with Crippen LogP contribution in [0.4, 0.5) is 0 Å². The maximum Gasteiger partial charge on any atom is 0.258 e. The fourth-order valence-electron chi connectivity index (χ4n) is 10.5. The molecular weight excluding hydrogens is 468 g/mol. The summed E-state index contributed by atoms with van der Waals surface area (Å²) in [5.74, 6) is 1.58. The minimum Gasteiger partial charge on any atom is -0.497 e. The molecule has 2 heterocycles. The maximum atomic E-state index is 14.1. The zero-order chi connectivity index (χ0) is 24.6. The maximum absolute atomic E-state index is 14.1. The Hall–Kier alpha value is -2.91. The van der Waals surface area contributed by atoms with E-state index in [-0.39, 0.29) is 34.6 Å². The second-order valence-electron chi connectivity index (χ2n) is 12.3. The first kappa shape index (κ1) is 21.2. The zero-order valence-corrected chi connectivity index (χ0v) is 21.4. The number of carbonyl (C=O) groups is 2. The predicted octanol–water partition coefficient (Wildman–Crippen LogP) is 5.56. The Morgan fingerprint density at radius 2 is 1.78 bits per heavy atom. The van der Waals surface area contributed by atoms with Crippen LogP contribution in [0.2, 0.25) is 0 Å². The topological polar surface area (TPSA) is 70.4 Å². The third-order valence-corrected chi connectivity index (χ3v) is 12.3. The van der Waals surface area contributed by atoms with Crippen LogP contribution in [-0.2, 0) is 15.0 Å². The van der Waals surface area contributed by atoms with E-state index in [1.807, 2.05) is 30.4 Å². The lowest BCUT2D eigenvalue weighted by atomic mass is 9.19. The lowest BCUT2D eigenvalue weighted by Crippen LogP contribution is -2.81. The van der Waals surface area contributed by atoms with Gasteiger partial charge in [0.25, 0.3) is 5.91 Å². The van der Waals surface area contributed by atoms with Crippen molar-refractivity contribution in [2.45, 2.75) is 50.9 Å². The van der Waals surface area contributed by atoms with Crippen molar-refractivity contribution in [2.24, 2.45) is 28.6 Å². The van der Waals surface area contributed by atoms with Gasteiger partial charge in [-0.25, -0.2) is 0 Å². The molecule has 1 aromatic carbocycles. The van der Waals surface area contributed by atoms with Crippen LogP contribution >= 0.6 is 11.3 Å². The average Bonchev–Trinajstić information content (AvgIpc) is 3.40. The third kappa shape index (κ3) is 2.09. The number of rotatable bonds is 3. The summed E-state index contributed by atoms with van der Waals surface area (Å²) < 4.78 is 5.37. The summed E-state index contributed by atoms with van der Waals surface area (Å²) in [4.78, 5) is 31.6. The molecular formula is C30H28N2O3S. The molecule has 0 N–H and O–H groups in total. The number of ether oxygens (including phenoxy) is 1. The number of carbonyl (C=O) groups excluding carboxylic acids is 2. The Bertz CT molecular complexity index is 1410. The highest BCUT2D eigenvalue weighted by Gasteiger charge is 2.86. The quantitative estimate of drug-likeness (QED) is 0.412. The van der Waals surface area contributed by atoms with Crippen LogP contribution < -0.4 is 4.74 Å². The van der Waals surface area contributed by atoms with E-state index in [2.05, 4.69) is 24.3 Å². The second kappa shape index (κ2) is 6.50. The molecule has 7 saturated carbocycles. The number of amides is 2. The summed E-state index contributed by atoms with van der Waals surface area (Å²) >= 11 is 1.85. The Kier molecular flexibility index (Phi) is 3.83. The van der Waals surface area contributed by atoms with E-state index in [9.17, 15) is 14.9 Å². The first-order valence-electron chi connectivity index (χ1n) is 13.1. The number of imide groups is 1. The van der Waals surface area contributed by atoms with Crippen LogP contribution in [0.5, 0.6) is 5.75 Å². The molecule has 1 aliphatic heterocycles. The van der Waals surface area contributed by atoms with E-state index < -0.39 is 5.92 Å². The molecule has 4 bridgehead atoms. The van der Waals surface area contributed by atoms with Crippen molar-refractivity contribution < 1.29 is 14.3 Å². The molecule has 5 nitrogen and oxygen atoms in total. The molecule has 1 aromatic heterocycles. The van der Waals surface area contributed by atoms with E-state index in [1.54, 1.807) is 7.11 Å². The fourth-order valence-corrected chi connectivity index (χ4v) is 12.2. The van der Waals surface area contributed by atoms with Gasteiger partial charge in [-0.3, -0.25) is 14.5 Å². The molecule has 1 saturated heterocycles. The number of nitrogens with zero attached hydrogens (tertiary/aromatic N) is 2. The number of benzene rings is 1. The van der Waals surface area contributed by atoms with Gasteiger partial charge in [0, 0.05) is 20.7 Å². The third-order valence-electron chi connectivity index (χ3n) is 10.9. The molecule has 1 atom stereocenters. The standard InChI is InChI=1S/C30H28N2O3S/c1-16-21-10-22(19-3-5-20(35-2)6-4-19)36-25(21)30(24-23(16)26(33)32(8-7-31)27(24)34)28-11-17-9-18(13-28)14-29(30,12-17)15-28/h3-6,10,17-18,24H,8-9,11-15H2,1-2H3. The summed E-state index contributed by atoms with van der Waals surface area (Å²) in [5, 5.41) is 9.44. The Balaban J connectivity index is 1.40. The monoisotopic (exact) mass is 496 g/mol. The summed E-state index contributed by atoms with van der Waals surface area (Å²) in [6, 6.07) is 12.5. The van der Waals surface area contributed by atoms with Gasteiger partial charge in [-0.15, -0.1) is 11.3 Å². The normalized spacial score (nSPS) is 38.8. The number of hydrogen-bond donors (Lipinski definition) is 0. The molecule has 9 aliphatic rings. The number of fused-ring (bicyclic) bond motifs is 2. The van der Waals surface area contributed by atoms with Crippen molar-refractivity contribution in [1.82, 2.24) is 4.90 Å². The Morgan fingerprint density at radius 3 is 2.39 bits per heavy atom. The number of thiophene rings is 1. The van der Waals surface area contributed by atoms with Crippen LogP contribution in [0.15, 0.2) is 35.9 Å². The summed E-state index contributed by atoms with van der Waals surface area (Å²) in [5.41, 5.74) is 3.84. The van der Waals surface area contributed by atoms with Gasteiger partial charge in [-0.05, 0) is 115 Å². The number of methoxy groups -OCH3 is 1. The SMILES string of the molecule is COc1ccc(-c2cc3c(s2)C2(C4C(=O)N(CC#N)C(=O)C4=C3C)C34CC5CC(C3)CC2(C5)C4)cc1. The van der Waals surface area contributed by atoms with Gasteiger partial charge >= 0.3 is 0 Å². The van der Waals surface area contributed by atoms with Gasteiger partial charge in [-0.1, -0.05) is 0 Å². The minimum atomic E-state index is -0.429. The van der Waals surface area contributed by atoms with Crippen molar-refractivity contribution in [1.29, 1.82) is 5.26 Å². The lowest BCUT2D eigenvalue weighted by Gasteiger charge is -2.84. The van der Waals surface area contributed by atoms with Crippen molar-refractivity contribution >= 4 is 28.7 Å². The molecule has 182 valence electrons. The number of hydrogen-bond acceptors (Lipinski definition) is 5. The van der Waals surface area contributed by atoms with Crippen molar-refractivity contribution in [2.75, 3.05) is 13.7 Å². The average molecular weight is 497 g/mol. The minimum absolute atomic E-state index is 0.100. The number of likely N-dealkylation sites (tertiary alicyclic amines) is 1. The molecule has 2 amide bonds. The predicted molar refractivity (Wildman–Crippen MR) is 136 cm³/mol. The van der Waals surface area contributed by atoms with Crippen molar-refractivity contribution in [3.05, 3.63) is 46.3 Å². The van der Waals surface area contributed by atoms with E-state index >= 15 is 0 Å². The zero-order valence-electron chi connectivity index (χ0n) is 20.6. The van der Waals surface area contributed by atoms with Crippen LogP contribution in [0.3, 0.4) is 0 Å². The number of allylic oxidation sites excluding steroid dienone is 1. The summed E-state index contributed by atoms with van der Waals surface area (Å²) in [7, 11) is 1.68. The number of nitriles is 1. The first-order valence-corrected chi connectivity index (χ1v) is 13.9. The molecule has 0 radical (unpaired) electrons. The Morgan fingerprint density at radius 1 is 1.11 bits per heavy atom. The van der Waals surface area contributed by atoms with E-state index in [0.29, 0.717) is 5.57 Å². The van der Waals surface area contributed by atoms with Gasteiger partial charge in [0.15, 0.2) is 0 Å². The molecule has 8 aliphatic carbocycles.